The van der Waals surface area contributed by atoms with Crippen LogP contribution in [-0.4, -0.2) is 58.0 Å². The van der Waals surface area contributed by atoms with Gasteiger partial charge in [0.05, 0.1) is 13.2 Å². The third kappa shape index (κ3) is 12.6. The lowest BCUT2D eigenvalue weighted by molar-refractivity contribution is -0.0621. The summed E-state index contributed by atoms with van der Waals surface area (Å²) in [7, 11) is 0. The van der Waals surface area contributed by atoms with Crippen molar-refractivity contribution in [1.29, 1.82) is 0 Å². The Morgan fingerprint density at radius 1 is 0.867 bits per heavy atom. The van der Waals surface area contributed by atoms with Gasteiger partial charge in [0, 0.05) is 6.42 Å². The predicted octanol–water partition coefficient (Wildman–Crippen LogP) is 5.07. The fraction of sp³-hybridized carbons (Fsp3) is 0.958. The average molecular weight is 447 g/mol. The third-order valence-corrected chi connectivity index (χ3v) is 6.30. The van der Waals surface area contributed by atoms with Crippen LogP contribution in [0.25, 0.3) is 0 Å². The maximum absolute atomic E-state index is 9.88. The molecule has 0 saturated carbocycles. The maximum Gasteiger partial charge on any atom is 0.160 e. The standard InChI is InChI=1S/C24H46O5S/c1-2-3-4-5-6-7-8-9-10-11-12-13-14-15-16-17-22(30)29-21(18-25)24-23(27)20(26)19-28-24/h20-21,23-27H,2-19H2,1H3. The van der Waals surface area contributed by atoms with Gasteiger partial charge in [-0.3, -0.25) is 0 Å². The number of aliphatic hydroxyl groups excluding tert-OH is 3. The molecule has 0 aromatic rings. The summed E-state index contributed by atoms with van der Waals surface area (Å²) in [6.07, 6.45) is 17.1. The normalized spacial score (nSPS) is 22.3. The van der Waals surface area contributed by atoms with Gasteiger partial charge in [0.2, 0.25) is 0 Å². The van der Waals surface area contributed by atoms with Gasteiger partial charge in [0.25, 0.3) is 0 Å². The van der Waals surface area contributed by atoms with Gasteiger partial charge in [-0.1, -0.05) is 96.8 Å². The van der Waals surface area contributed by atoms with Crippen molar-refractivity contribution in [1.82, 2.24) is 0 Å². The van der Waals surface area contributed by atoms with Gasteiger partial charge in [-0.15, -0.1) is 0 Å². The topological polar surface area (TPSA) is 79.2 Å². The van der Waals surface area contributed by atoms with Crippen LogP contribution in [0.2, 0.25) is 0 Å². The maximum atomic E-state index is 9.88. The quantitative estimate of drug-likeness (QED) is 0.190. The lowest BCUT2D eigenvalue weighted by atomic mass is 10.0. The van der Waals surface area contributed by atoms with Crippen molar-refractivity contribution in [3.63, 3.8) is 0 Å². The Bertz CT molecular complexity index is 420. The first-order valence-corrected chi connectivity index (χ1v) is 12.8. The highest BCUT2D eigenvalue weighted by atomic mass is 32.1. The minimum absolute atomic E-state index is 0.0531. The average Bonchev–Trinajstić information content (AvgIpc) is 3.07. The Morgan fingerprint density at radius 2 is 1.33 bits per heavy atom. The molecule has 30 heavy (non-hydrogen) atoms. The zero-order valence-electron chi connectivity index (χ0n) is 19.1. The third-order valence-electron chi connectivity index (χ3n) is 6.00. The summed E-state index contributed by atoms with van der Waals surface area (Å²) in [5, 5.41) is 29.4. The summed E-state index contributed by atoms with van der Waals surface area (Å²) < 4.78 is 10.9. The highest BCUT2D eigenvalue weighted by molar-refractivity contribution is 7.80. The van der Waals surface area contributed by atoms with Crippen LogP contribution in [0.3, 0.4) is 0 Å². The molecule has 0 radical (unpaired) electrons. The minimum Gasteiger partial charge on any atom is -0.479 e. The molecule has 4 atom stereocenters. The van der Waals surface area contributed by atoms with Crippen molar-refractivity contribution in [3.05, 3.63) is 0 Å². The fourth-order valence-corrected chi connectivity index (χ4v) is 4.30. The van der Waals surface area contributed by atoms with Gasteiger partial charge in [0.15, 0.2) is 11.2 Å². The SMILES string of the molecule is CCCCCCCCCCCCCCCCCC(=S)OC(CO)C1OCC(O)C1O. The van der Waals surface area contributed by atoms with E-state index in [1.807, 2.05) is 0 Å². The van der Waals surface area contributed by atoms with E-state index < -0.39 is 24.4 Å². The van der Waals surface area contributed by atoms with Crippen LogP contribution in [0.5, 0.6) is 0 Å². The Kier molecular flexibility index (Phi) is 17.0. The molecule has 1 heterocycles. The van der Waals surface area contributed by atoms with Crippen LogP contribution in [-0.2, 0) is 9.47 Å². The number of hydrogen-bond donors (Lipinski definition) is 3. The fourth-order valence-electron chi connectivity index (χ4n) is 4.03. The molecule has 1 aliphatic heterocycles. The molecule has 0 amide bonds. The lowest BCUT2D eigenvalue weighted by Crippen LogP contribution is -2.42. The van der Waals surface area contributed by atoms with Gasteiger partial charge in [-0.05, 0) is 18.6 Å². The summed E-state index contributed by atoms with van der Waals surface area (Å²) in [6, 6.07) is 0. The molecule has 4 unspecified atom stereocenters. The van der Waals surface area contributed by atoms with Gasteiger partial charge in [-0.25, -0.2) is 0 Å². The summed E-state index contributed by atoms with van der Waals surface area (Å²) in [5.74, 6) is 0. The molecule has 6 heteroatoms. The molecule has 0 aliphatic carbocycles. The van der Waals surface area contributed by atoms with E-state index in [1.165, 1.54) is 83.5 Å². The smallest absolute Gasteiger partial charge is 0.160 e. The van der Waals surface area contributed by atoms with Crippen LogP contribution in [0, 0.1) is 0 Å². The summed E-state index contributed by atoms with van der Waals surface area (Å²) in [6.45, 7) is 2.02. The van der Waals surface area contributed by atoms with E-state index in [2.05, 4.69) is 6.92 Å². The van der Waals surface area contributed by atoms with E-state index >= 15 is 0 Å². The van der Waals surface area contributed by atoms with Gasteiger partial charge in [-0.2, -0.15) is 0 Å². The number of hydrogen-bond acceptors (Lipinski definition) is 6. The van der Waals surface area contributed by atoms with Crippen molar-refractivity contribution in [2.45, 2.75) is 134 Å². The first-order valence-electron chi connectivity index (χ1n) is 12.4. The number of rotatable bonds is 19. The second-order valence-electron chi connectivity index (χ2n) is 8.77. The largest absolute Gasteiger partial charge is 0.479 e. The monoisotopic (exact) mass is 446 g/mol. The van der Waals surface area contributed by atoms with Crippen molar-refractivity contribution in [2.75, 3.05) is 13.2 Å². The molecule has 0 aromatic carbocycles. The Hall–Kier alpha value is -0.270. The summed E-state index contributed by atoms with van der Waals surface area (Å²) in [5.41, 5.74) is 0. The van der Waals surface area contributed by atoms with Crippen molar-refractivity contribution in [3.8, 4) is 0 Å². The first-order chi connectivity index (χ1) is 14.6. The summed E-state index contributed by atoms with van der Waals surface area (Å²) >= 11 is 5.27. The van der Waals surface area contributed by atoms with E-state index in [4.69, 9.17) is 21.7 Å². The van der Waals surface area contributed by atoms with Crippen molar-refractivity contribution in [2.24, 2.45) is 0 Å². The molecule has 178 valence electrons. The molecular formula is C24H46O5S. The molecular weight excluding hydrogens is 400 g/mol. The molecule has 0 aromatic heterocycles. The Morgan fingerprint density at radius 3 is 1.73 bits per heavy atom. The molecule has 1 saturated heterocycles. The molecule has 5 nitrogen and oxygen atoms in total. The Labute approximate surface area is 189 Å². The molecule has 3 N–H and O–H groups in total. The molecule has 1 aliphatic rings. The zero-order chi connectivity index (χ0) is 22.0. The second-order valence-corrected chi connectivity index (χ2v) is 9.22. The van der Waals surface area contributed by atoms with E-state index in [9.17, 15) is 15.3 Å². The highest BCUT2D eigenvalue weighted by Crippen LogP contribution is 2.21. The lowest BCUT2D eigenvalue weighted by Gasteiger charge is -2.25. The molecule has 0 spiro atoms. The van der Waals surface area contributed by atoms with Crippen molar-refractivity contribution >= 4 is 17.3 Å². The predicted molar refractivity (Wildman–Crippen MR) is 126 cm³/mol. The van der Waals surface area contributed by atoms with Crippen LogP contribution in [0.4, 0.5) is 0 Å². The number of aliphatic hydroxyl groups is 3. The minimum atomic E-state index is -1.05. The van der Waals surface area contributed by atoms with E-state index in [-0.39, 0.29) is 13.2 Å². The van der Waals surface area contributed by atoms with Crippen LogP contribution in [0.1, 0.15) is 110 Å². The summed E-state index contributed by atoms with van der Waals surface area (Å²) in [4.78, 5) is 0. The van der Waals surface area contributed by atoms with Crippen LogP contribution >= 0.6 is 12.2 Å². The van der Waals surface area contributed by atoms with E-state index in [0.717, 1.165) is 12.8 Å². The van der Waals surface area contributed by atoms with E-state index in [1.54, 1.807) is 0 Å². The number of ether oxygens (including phenoxy) is 2. The Balaban J connectivity index is 1.90. The van der Waals surface area contributed by atoms with Crippen molar-refractivity contribution < 1.29 is 24.8 Å². The second kappa shape index (κ2) is 18.3. The number of thiocarbonyl (C=S) groups is 1. The van der Waals surface area contributed by atoms with Crippen LogP contribution < -0.4 is 0 Å². The molecule has 1 fully saturated rings. The zero-order valence-corrected chi connectivity index (χ0v) is 19.9. The van der Waals surface area contributed by atoms with Gasteiger partial charge in [0.1, 0.15) is 18.3 Å². The molecule has 1 rings (SSSR count). The van der Waals surface area contributed by atoms with Crippen LogP contribution in [0.15, 0.2) is 0 Å². The van der Waals surface area contributed by atoms with E-state index in [0.29, 0.717) is 11.5 Å². The highest BCUT2D eigenvalue weighted by Gasteiger charge is 2.41. The molecule has 0 bridgehead atoms. The van der Waals surface area contributed by atoms with Gasteiger partial charge >= 0.3 is 0 Å². The first kappa shape index (κ1) is 27.8. The number of unbranched alkanes of at least 4 members (excludes halogenated alkanes) is 14. The van der Waals surface area contributed by atoms with Gasteiger partial charge < -0.3 is 24.8 Å².